The van der Waals surface area contributed by atoms with E-state index in [-0.39, 0.29) is 6.04 Å². The van der Waals surface area contributed by atoms with E-state index in [0.717, 1.165) is 161 Å². The molecular formula is C103H63N12O2+. The van der Waals surface area contributed by atoms with Gasteiger partial charge >= 0.3 is 11.3 Å². The van der Waals surface area contributed by atoms with Crippen LogP contribution in [0.5, 0.6) is 0 Å². The molecule has 0 bridgehead atoms. The fraction of sp³-hybridized carbons (Fsp3) is 0.0194. The molecule has 2 N–H and O–H groups in total. The number of benzene rings is 15. The van der Waals surface area contributed by atoms with E-state index in [9.17, 15) is 0 Å². The van der Waals surface area contributed by atoms with Crippen LogP contribution in [-0.4, -0.2) is 57.5 Å². The molecule has 546 valence electrons. The van der Waals surface area contributed by atoms with Gasteiger partial charge in [-0.1, -0.05) is 297 Å². The minimum Gasteiger partial charge on any atom is -0.464 e. The molecule has 8 heterocycles. The number of allylic oxidation sites excluding steroid dienone is 1. The summed E-state index contributed by atoms with van der Waals surface area (Å²) in [6.45, 7) is 0. The van der Waals surface area contributed by atoms with Gasteiger partial charge in [-0.3, -0.25) is 0 Å². The molecule has 0 saturated carbocycles. The highest BCUT2D eigenvalue weighted by molar-refractivity contribution is 6.22. The van der Waals surface area contributed by atoms with Crippen molar-refractivity contribution >= 4 is 71.7 Å². The van der Waals surface area contributed by atoms with Crippen LogP contribution in [0.25, 0.3) is 185 Å². The summed E-state index contributed by atoms with van der Waals surface area (Å²) in [4.78, 5) is 46.2. The minimum absolute atomic E-state index is 0.239. The lowest BCUT2D eigenvalue weighted by atomic mass is 9.96. The fourth-order valence-electron chi connectivity index (χ4n) is 16.4. The zero-order chi connectivity index (χ0) is 77.0. The Morgan fingerprint density at radius 3 is 1.15 bits per heavy atom. The number of nitrogens with one attached hydrogen (secondary N) is 2. The highest BCUT2D eigenvalue weighted by atomic mass is 16.5. The van der Waals surface area contributed by atoms with Crippen LogP contribution in [-0.2, 0) is 4.74 Å². The van der Waals surface area contributed by atoms with E-state index in [1.807, 2.05) is 84.9 Å². The van der Waals surface area contributed by atoms with E-state index in [4.69, 9.17) is 58.7 Å². The van der Waals surface area contributed by atoms with Gasteiger partial charge in [-0.15, -0.1) is 0 Å². The number of hydrazine groups is 1. The molecule has 4 aromatic heterocycles. The molecule has 2 atom stereocenters. The van der Waals surface area contributed by atoms with Gasteiger partial charge in [0, 0.05) is 55.6 Å². The van der Waals surface area contributed by atoms with Crippen molar-refractivity contribution in [1.82, 2.24) is 55.4 Å². The normalized spacial score (nSPS) is 14.5. The number of nitrogens with zero attached hydrogens (tertiary/aromatic N) is 10. The number of hydrogen-bond acceptors (Lipinski definition) is 13. The Kier molecular flexibility index (Phi) is 15.7. The molecule has 23 rings (SSSR count). The Morgan fingerprint density at radius 2 is 0.650 bits per heavy atom. The topological polar surface area (TPSA) is 176 Å². The Hall–Kier alpha value is -15.9. The van der Waals surface area contributed by atoms with Gasteiger partial charge < -0.3 is 14.6 Å². The van der Waals surface area contributed by atoms with Crippen molar-refractivity contribution in [2.75, 3.05) is 0 Å². The van der Waals surface area contributed by atoms with Crippen molar-refractivity contribution in [2.45, 2.75) is 12.3 Å². The van der Waals surface area contributed by atoms with Gasteiger partial charge in [0.05, 0.1) is 23.0 Å². The first kappa shape index (κ1) is 66.9. The SMILES string of the molecule is C1=C2C3=C(OC2N=C1c1ccc2cc4ccc(-c5ccc(-c6nc(-c7ccc(-c8nc(-c9ccccc9)nc(-c9ccc(-c%10ccccc%10)cc9)n8)cc7)c7oc8c(c7n6)=CC(c6ccc7cc9ccccc9cc7c6)=[N+]=8)cc5)cc4cc2c1)C(c1ccc(-c2nc(-c4ccccc4)nc(-c4ccc(-c5ccccc5)cc4)n2)cc1)NN3. The zero-order valence-corrected chi connectivity index (χ0v) is 62.5. The second-order valence-corrected chi connectivity index (χ2v) is 29.8. The molecule has 19 aromatic rings. The van der Waals surface area contributed by atoms with Gasteiger partial charge in [0.1, 0.15) is 28.2 Å². The number of aromatic nitrogens is 8. The monoisotopic (exact) mass is 1500 g/mol. The maximum Gasteiger partial charge on any atom is 0.503 e. The Morgan fingerprint density at radius 1 is 0.291 bits per heavy atom. The Labute approximate surface area is 670 Å². The third-order valence-corrected chi connectivity index (χ3v) is 22.6. The first-order valence-corrected chi connectivity index (χ1v) is 39.0. The van der Waals surface area contributed by atoms with Crippen molar-refractivity contribution in [3.05, 3.63) is 396 Å². The predicted molar refractivity (Wildman–Crippen MR) is 466 cm³/mol. The van der Waals surface area contributed by atoms with Crippen molar-refractivity contribution < 1.29 is 9.15 Å². The molecule has 4 aliphatic heterocycles. The maximum absolute atomic E-state index is 6.82. The van der Waals surface area contributed by atoms with Gasteiger partial charge in [-0.05, 0) is 141 Å². The lowest BCUT2D eigenvalue weighted by Gasteiger charge is -2.17. The standard InChI is InChI=1S/C103H62N12O2/c1-5-15-60(16-6-1)62-25-35-70(36-26-62)98-108-96(67-19-9-3-10-20-67)110-100(112-98)72-41-31-65(32-42-72)89-93-91(85-58-87(104-102(85)116-93)80-49-47-78-51-74-23-13-14-24-75(74)53-82(78)55-80)107-95(106-89)69-39-29-64(30-40-69)76-45-46-77-52-79-48-50-81(56-84(79)57-83(77)54-76)88-59-86-92-94(117-103(86)105-88)90(114-115-92)66-33-43-73(44-34-66)101-111-97(68-21-11-4-12-22-68)109-99(113-101)71-37-27-63(28-38-71)61-17-7-2-8-18-61/h1-59,90,103H,(H,104,106,107)/p+1. The quantitative estimate of drug-likeness (QED) is 0.0779. The molecule has 14 heteroatoms. The lowest BCUT2D eigenvalue weighted by Crippen LogP contribution is -2.30. The van der Waals surface area contributed by atoms with Gasteiger partial charge in [0.2, 0.25) is 6.23 Å². The summed E-state index contributed by atoms with van der Waals surface area (Å²) in [7, 11) is 0. The van der Waals surface area contributed by atoms with Crippen LogP contribution < -0.4 is 26.3 Å². The summed E-state index contributed by atoms with van der Waals surface area (Å²) in [5.74, 6) is 4.87. The van der Waals surface area contributed by atoms with E-state index in [1.54, 1.807) is 0 Å². The molecule has 117 heavy (non-hydrogen) atoms. The van der Waals surface area contributed by atoms with Crippen molar-refractivity contribution in [2.24, 2.45) is 4.99 Å². The third kappa shape index (κ3) is 12.2. The first-order chi connectivity index (χ1) is 57.8. The predicted octanol–water partition coefficient (Wildman–Crippen LogP) is 20.7. The highest BCUT2D eigenvalue weighted by Gasteiger charge is 2.43. The van der Waals surface area contributed by atoms with E-state index in [0.29, 0.717) is 63.1 Å². The van der Waals surface area contributed by atoms with Crippen molar-refractivity contribution in [1.29, 1.82) is 0 Å². The molecular weight excluding hydrogens is 1440 g/mol. The molecule has 0 aliphatic carbocycles. The lowest BCUT2D eigenvalue weighted by molar-refractivity contribution is 0.156. The molecule has 2 unspecified atom stereocenters. The largest absolute Gasteiger partial charge is 0.503 e. The van der Waals surface area contributed by atoms with E-state index in [1.165, 1.54) is 10.8 Å². The van der Waals surface area contributed by atoms with Crippen molar-refractivity contribution in [3.8, 4) is 124 Å². The first-order valence-electron chi connectivity index (χ1n) is 39.0. The minimum atomic E-state index is -0.467. The number of aliphatic imine (C=N–C) groups is 1. The molecule has 0 radical (unpaired) electrons. The molecule has 0 fully saturated rings. The average Bonchev–Trinajstić information content (AvgIpc) is 1.61. The summed E-state index contributed by atoms with van der Waals surface area (Å²) >= 11 is 0. The summed E-state index contributed by atoms with van der Waals surface area (Å²) in [5, 5.41) is 10.0. The molecule has 0 saturated heterocycles. The third-order valence-electron chi connectivity index (χ3n) is 22.6. The van der Waals surface area contributed by atoms with E-state index in [2.05, 4.69) is 284 Å². The van der Waals surface area contributed by atoms with Crippen LogP contribution >= 0.6 is 0 Å². The number of ether oxygens (including phenoxy) is 1. The number of fused-ring (bicyclic) bond motifs is 9. The van der Waals surface area contributed by atoms with Gasteiger partial charge in [0.25, 0.3) is 0 Å². The van der Waals surface area contributed by atoms with Gasteiger partial charge in [0.15, 0.2) is 46.4 Å². The fourth-order valence-corrected chi connectivity index (χ4v) is 16.4. The molecule has 0 amide bonds. The van der Waals surface area contributed by atoms with Gasteiger partial charge in [-0.25, -0.2) is 50.3 Å². The number of furan rings is 1. The molecule has 15 aromatic carbocycles. The number of hydrogen-bond donors (Lipinski definition) is 2. The van der Waals surface area contributed by atoms with Crippen LogP contribution in [0.15, 0.2) is 378 Å². The average molecular weight is 1500 g/mol. The summed E-state index contributed by atoms with van der Waals surface area (Å²) < 4.78 is 18.7. The summed E-state index contributed by atoms with van der Waals surface area (Å²) in [6.07, 6.45) is 3.78. The van der Waals surface area contributed by atoms with E-state index >= 15 is 0 Å². The molecule has 14 nitrogen and oxygen atoms in total. The summed E-state index contributed by atoms with van der Waals surface area (Å²) in [6, 6.07) is 120. The van der Waals surface area contributed by atoms with Crippen molar-refractivity contribution in [3.63, 3.8) is 0 Å². The van der Waals surface area contributed by atoms with Gasteiger partial charge in [-0.2, -0.15) is 0 Å². The van der Waals surface area contributed by atoms with Crippen LogP contribution in [0, 0.1) is 0 Å². The molecule has 4 aliphatic rings. The Bertz CT molecular complexity index is 7580. The second-order valence-electron chi connectivity index (χ2n) is 29.8. The van der Waals surface area contributed by atoms with Crippen LogP contribution in [0.3, 0.4) is 0 Å². The second kappa shape index (κ2) is 27.5. The van der Waals surface area contributed by atoms with E-state index < -0.39 is 6.23 Å². The van der Waals surface area contributed by atoms with Crippen LogP contribution in [0.2, 0.25) is 0 Å². The highest BCUT2D eigenvalue weighted by Crippen LogP contribution is 2.44. The smallest absolute Gasteiger partial charge is 0.464 e. The van der Waals surface area contributed by atoms with Crippen LogP contribution in [0.4, 0.5) is 0 Å². The summed E-state index contributed by atoms with van der Waals surface area (Å²) in [5.41, 5.74) is 29.5. The number of rotatable bonds is 14. The molecule has 0 spiro atoms. The maximum atomic E-state index is 6.82. The Balaban J connectivity index is 0.530. The zero-order valence-electron chi connectivity index (χ0n) is 62.5. The van der Waals surface area contributed by atoms with Crippen LogP contribution in [0.1, 0.15) is 22.7 Å².